The Labute approximate surface area is 202 Å². The maximum Gasteiger partial charge on any atom is 0.143 e. The van der Waals surface area contributed by atoms with Crippen LogP contribution in [-0.4, -0.2) is 33.3 Å². The summed E-state index contributed by atoms with van der Waals surface area (Å²) in [4.78, 5) is 11.7. The van der Waals surface area contributed by atoms with Gasteiger partial charge in [-0.3, -0.25) is 4.98 Å². The molecule has 0 aliphatic heterocycles. The van der Waals surface area contributed by atoms with Crippen molar-refractivity contribution in [1.29, 1.82) is 10.5 Å². The molecule has 0 aliphatic carbocycles. The molecule has 0 aliphatic rings. The van der Waals surface area contributed by atoms with E-state index in [-0.39, 0.29) is 24.6 Å². The minimum absolute atomic E-state index is 0.0718. The second-order valence-electron chi connectivity index (χ2n) is 6.77. The summed E-state index contributed by atoms with van der Waals surface area (Å²) in [6.07, 6.45) is 5.40. The highest BCUT2D eigenvalue weighted by atomic mass is 32.2. The van der Waals surface area contributed by atoms with Crippen molar-refractivity contribution in [1.82, 2.24) is 15.0 Å². The largest absolute Gasteiger partial charge is 0.491 e. The average molecular weight is 473 g/mol. The number of aromatic amines is 1. The Morgan fingerprint density at radius 3 is 2.50 bits per heavy atom. The van der Waals surface area contributed by atoms with Gasteiger partial charge in [0.05, 0.1) is 23.9 Å². The van der Waals surface area contributed by atoms with E-state index < -0.39 is 0 Å². The summed E-state index contributed by atoms with van der Waals surface area (Å²) in [5.74, 6) is 1.17. The Kier molecular flexibility index (Phi) is 8.47. The van der Waals surface area contributed by atoms with Crippen molar-refractivity contribution in [3.63, 3.8) is 0 Å². The molecule has 4 N–H and O–H groups in total. The van der Waals surface area contributed by atoms with Crippen molar-refractivity contribution in [3.05, 3.63) is 65.6 Å². The summed E-state index contributed by atoms with van der Waals surface area (Å²) in [6.45, 7) is 4.09. The first-order valence-corrected chi connectivity index (χ1v) is 11.6. The molecule has 4 aromatic rings. The number of H-pyrrole nitrogens is 1. The molecule has 0 atom stereocenters. The first-order valence-electron chi connectivity index (χ1n) is 10.7. The minimum atomic E-state index is -0.0909. The Morgan fingerprint density at radius 2 is 1.82 bits per heavy atom. The Hall–Kier alpha value is -4.05. The number of thioether (sulfide) groups is 1. The molecule has 172 valence electrons. The molecular formula is C25H24N6O2S. The second-order valence-corrected chi connectivity index (χ2v) is 7.74. The van der Waals surface area contributed by atoms with Gasteiger partial charge in [0.1, 0.15) is 40.9 Å². The number of benzene rings is 1. The van der Waals surface area contributed by atoms with Gasteiger partial charge in [-0.15, -0.1) is 11.8 Å². The zero-order chi connectivity index (χ0) is 24.5. The van der Waals surface area contributed by atoms with Gasteiger partial charge < -0.3 is 20.6 Å². The van der Waals surface area contributed by atoms with Crippen LogP contribution in [0, 0.1) is 22.7 Å². The van der Waals surface area contributed by atoms with Gasteiger partial charge >= 0.3 is 0 Å². The van der Waals surface area contributed by atoms with E-state index in [4.69, 9.17) is 15.6 Å². The Bertz CT molecular complexity index is 1350. The number of ether oxygens (including phenoxy) is 1. The summed E-state index contributed by atoms with van der Waals surface area (Å²) in [6, 6.07) is 13.2. The lowest BCUT2D eigenvalue weighted by Crippen LogP contribution is -2.04. The van der Waals surface area contributed by atoms with E-state index in [1.165, 1.54) is 11.8 Å². The van der Waals surface area contributed by atoms with E-state index in [2.05, 4.69) is 27.1 Å². The fourth-order valence-electron chi connectivity index (χ4n) is 3.37. The Morgan fingerprint density at radius 1 is 1.09 bits per heavy atom. The number of pyridine rings is 2. The van der Waals surface area contributed by atoms with E-state index in [1.807, 2.05) is 26.1 Å². The van der Waals surface area contributed by atoms with Crippen LogP contribution in [0.15, 0.2) is 53.9 Å². The van der Waals surface area contributed by atoms with E-state index >= 15 is 0 Å². The van der Waals surface area contributed by atoms with Crippen LogP contribution >= 0.6 is 11.8 Å². The summed E-state index contributed by atoms with van der Waals surface area (Å²) >= 11 is 1.37. The fourth-order valence-corrected chi connectivity index (χ4v) is 4.35. The number of aliphatic hydroxyl groups is 1. The summed E-state index contributed by atoms with van der Waals surface area (Å²) < 4.78 is 5.39. The van der Waals surface area contributed by atoms with Gasteiger partial charge in [-0.1, -0.05) is 26.0 Å². The number of nitriles is 2. The molecule has 0 amide bonds. The number of nitrogens with zero attached hydrogens (tertiary/aromatic N) is 4. The van der Waals surface area contributed by atoms with Crippen LogP contribution in [0.4, 0.5) is 5.82 Å². The van der Waals surface area contributed by atoms with Crippen LogP contribution in [0.1, 0.15) is 30.5 Å². The first kappa shape index (κ1) is 24.6. The van der Waals surface area contributed by atoms with Gasteiger partial charge in [0, 0.05) is 29.1 Å². The molecule has 0 spiro atoms. The average Bonchev–Trinajstić information content (AvgIpc) is 3.37. The monoisotopic (exact) mass is 472 g/mol. The van der Waals surface area contributed by atoms with Gasteiger partial charge in [-0.05, 0) is 29.3 Å². The maximum atomic E-state index is 9.95. The number of anilines is 1. The predicted octanol–water partition coefficient (Wildman–Crippen LogP) is 4.64. The van der Waals surface area contributed by atoms with Gasteiger partial charge in [-0.2, -0.15) is 10.5 Å². The molecule has 0 fully saturated rings. The number of nitrogens with two attached hydrogens (primary N) is 1. The number of hydrogen-bond donors (Lipinski definition) is 3. The summed E-state index contributed by atoms with van der Waals surface area (Å²) in [5, 5.41) is 30.1. The van der Waals surface area contributed by atoms with Gasteiger partial charge in [0.15, 0.2) is 0 Å². The summed E-state index contributed by atoms with van der Waals surface area (Å²) in [7, 11) is 0. The minimum Gasteiger partial charge on any atom is -0.491 e. The third kappa shape index (κ3) is 5.12. The zero-order valence-corrected chi connectivity index (χ0v) is 19.7. The van der Waals surface area contributed by atoms with E-state index in [0.717, 1.165) is 16.5 Å². The molecule has 3 heterocycles. The predicted molar refractivity (Wildman–Crippen MR) is 133 cm³/mol. The van der Waals surface area contributed by atoms with Crippen molar-refractivity contribution >= 4 is 28.5 Å². The molecule has 4 rings (SSSR count). The molecule has 3 aromatic heterocycles. The topological polar surface area (TPSA) is 145 Å². The first-order chi connectivity index (χ1) is 16.7. The molecule has 34 heavy (non-hydrogen) atoms. The van der Waals surface area contributed by atoms with E-state index in [1.54, 1.807) is 36.7 Å². The highest BCUT2D eigenvalue weighted by Crippen LogP contribution is 2.37. The number of aromatic nitrogens is 3. The van der Waals surface area contributed by atoms with E-state index in [9.17, 15) is 10.5 Å². The van der Waals surface area contributed by atoms with Gasteiger partial charge in [-0.25, -0.2) is 4.98 Å². The number of nitrogens with one attached hydrogen (secondary N) is 1. The molecule has 0 radical (unpaired) electrons. The van der Waals surface area contributed by atoms with Gasteiger partial charge in [0.2, 0.25) is 0 Å². The van der Waals surface area contributed by atoms with Crippen molar-refractivity contribution in [3.8, 4) is 29.0 Å². The lowest BCUT2D eigenvalue weighted by atomic mass is 9.97. The van der Waals surface area contributed by atoms with E-state index in [0.29, 0.717) is 33.2 Å². The third-order valence-corrected chi connectivity index (χ3v) is 5.87. The van der Waals surface area contributed by atoms with Crippen molar-refractivity contribution in [2.75, 3.05) is 18.9 Å². The smallest absolute Gasteiger partial charge is 0.143 e. The normalized spacial score (nSPS) is 10.1. The molecule has 1 aromatic carbocycles. The standard InChI is InChI=1S/C23H18N6O2S.C2H6/c24-9-18-21(14-1-3-16(4-2-14)31-8-7-30)19(10-25)23(29-22(18)26)32-13-15-11-27-12-20-17(15)5-6-28-20;1-2/h1-6,11-12,28,30H,7-8,13H2,(H2,26,29);1-2H3. The number of fused-ring (bicyclic) bond motifs is 1. The van der Waals surface area contributed by atoms with Crippen molar-refractivity contribution < 1.29 is 9.84 Å². The number of nitrogen functional groups attached to an aromatic ring is 1. The van der Waals surface area contributed by atoms with Crippen LogP contribution in [-0.2, 0) is 5.75 Å². The number of hydrogen-bond acceptors (Lipinski definition) is 8. The molecule has 0 saturated carbocycles. The molecule has 0 bridgehead atoms. The van der Waals surface area contributed by atoms with Crippen LogP contribution < -0.4 is 10.5 Å². The maximum absolute atomic E-state index is 9.95. The highest BCUT2D eigenvalue weighted by Gasteiger charge is 2.21. The van der Waals surface area contributed by atoms with Gasteiger partial charge in [0.25, 0.3) is 0 Å². The molecule has 0 unspecified atom stereocenters. The zero-order valence-electron chi connectivity index (χ0n) is 18.9. The van der Waals surface area contributed by atoms with Crippen molar-refractivity contribution in [2.45, 2.75) is 24.6 Å². The Balaban J connectivity index is 0.00000158. The molecule has 0 saturated heterocycles. The highest BCUT2D eigenvalue weighted by molar-refractivity contribution is 7.98. The lowest BCUT2D eigenvalue weighted by Gasteiger charge is -2.14. The third-order valence-electron chi connectivity index (χ3n) is 4.84. The molecule has 8 nitrogen and oxygen atoms in total. The fraction of sp³-hybridized carbons (Fsp3) is 0.200. The quantitative estimate of drug-likeness (QED) is 0.330. The summed E-state index contributed by atoms with van der Waals surface area (Å²) in [5.41, 5.74) is 9.57. The SMILES string of the molecule is CC.N#Cc1c(N)nc(SCc2cncc3[nH]ccc23)c(C#N)c1-c1ccc(OCCO)cc1. The second kappa shape index (κ2) is 11.7. The molecular weight excluding hydrogens is 448 g/mol. The number of rotatable bonds is 7. The number of aliphatic hydroxyl groups excluding tert-OH is 1. The molecule has 9 heteroatoms. The van der Waals surface area contributed by atoms with Crippen LogP contribution in [0.5, 0.6) is 5.75 Å². The van der Waals surface area contributed by atoms with Crippen LogP contribution in [0.25, 0.3) is 22.0 Å². The van der Waals surface area contributed by atoms with Crippen LogP contribution in [0.3, 0.4) is 0 Å². The lowest BCUT2D eigenvalue weighted by molar-refractivity contribution is 0.201. The van der Waals surface area contributed by atoms with Crippen LogP contribution in [0.2, 0.25) is 0 Å². The van der Waals surface area contributed by atoms with Crippen molar-refractivity contribution in [2.24, 2.45) is 0 Å².